The summed E-state index contributed by atoms with van der Waals surface area (Å²) in [4.78, 5) is 10.6. The molecule has 16 heavy (non-hydrogen) atoms. The van der Waals surface area contributed by atoms with Crippen LogP contribution in [0.3, 0.4) is 0 Å². The molecule has 5 nitrogen and oxygen atoms in total. The Balaban J connectivity index is 4.55. The zero-order valence-corrected chi connectivity index (χ0v) is 11.0. The van der Waals surface area contributed by atoms with E-state index in [0.717, 1.165) is 4.31 Å². The summed E-state index contributed by atoms with van der Waals surface area (Å²) in [5.74, 6) is -0.789. The zero-order valence-electron chi connectivity index (χ0n) is 10.1. The van der Waals surface area contributed by atoms with Crippen molar-refractivity contribution >= 4 is 16.0 Å². The van der Waals surface area contributed by atoms with Gasteiger partial charge in [0.25, 0.3) is 0 Å². The molecule has 0 aromatic heterocycles. The molecule has 96 valence electrons. The van der Waals surface area contributed by atoms with Gasteiger partial charge in [0, 0.05) is 6.54 Å². The molecule has 0 aromatic rings. The van der Waals surface area contributed by atoms with Crippen LogP contribution < -0.4 is 0 Å². The van der Waals surface area contributed by atoms with Crippen molar-refractivity contribution in [2.45, 2.75) is 33.6 Å². The highest BCUT2D eigenvalue weighted by Gasteiger charge is 2.23. The number of aliphatic carboxylic acids is 1. The van der Waals surface area contributed by atoms with Crippen molar-refractivity contribution in [1.82, 2.24) is 4.31 Å². The third-order valence-corrected chi connectivity index (χ3v) is 3.98. The number of hydrogen-bond donors (Lipinski definition) is 1. The van der Waals surface area contributed by atoms with Crippen LogP contribution in [0.15, 0.2) is 0 Å². The molecule has 0 fully saturated rings. The molecular weight excluding hydrogens is 230 g/mol. The quantitative estimate of drug-likeness (QED) is 0.702. The van der Waals surface area contributed by atoms with Gasteiger partial charge in [-0.2, -0.15) is 4.31 Å². The maximum atomic E-state index is 11.8. The van der Waals surface area contributed by atoms with Crippen LogP contribution in [0.2, 0.25) is 0 Å². The second-order valence-electron chi connectivity index (χ2n) is 4.23. The first-order chi connectivity index (χ1) is 7.29. The number of carbonyl (C=O) groups is 1. The Morgan fingerprint density at radius 3 is 2.31 bits per heavy atom. The van der Waals surface area contributed by atoms with Crippen molar-refractivity contribution in [2.75, 3.05) is 18.8 Å². The summed E-state index contributed by atoms with van der Waals surface area (Å²) < 4.78 is 24.7. The van der Waals surface area contributed by atoms with Gasteiger partial charge < -0.3 is 5.11 Å². The minimum absolute atomic E-state index is 0.0257. The number of rotatable bonds is 8. The van der Waals surface area contributed by atoms with Crippen LogP contribution in [-0.2, 0) is 14.8 Å². The molecular formula is C10H21NO4S. The van der Waals surface area contributed by atoms with Crippen LogP contribution in [0, 0.1) is 5.92 Å². The summed E-state index contributed by atoms with van der Waals surface area (Å²) in [7, 11) is -3.42. The Bertz CT molecular complexity index is 311. The fourth-order valence-corrected chi connectivity index (χ4v) is 3.03. The highest BCUT2D eigenvalue weighted by atomic mass is 32.2. The summed E-state index contributed by atoms with van der Waals surface area (Å²) >= 11 is 0. The Kier molecular flexibility index (Phi) is 6.59. The summed E-state index contributed by atoms with van der Waals surface area (Å²) in [5, 5.41) is 8.65. The lowest BCUT2D eigenvalue weighted by molar-refractivity contribution is -0.137. The number of carboxylic acids is 1. The van der Waals surface area contributed by atoms with E-state index < -0.39 is 22.5 Å². The average molecular weight is 251 g/mol. The summed E-state index contributed by atoms with van der Waals surface area (Å²) in [5.41, 5.74) is 0. The monoisotopic (exact) mass is 251 g/mol. The molecule has 0 rings (SSSR count). The smallest absolute Gasteiger partial charge is 0.318 e. The van der Waals surface area contributed by atoms with Gasteiger partial charge in [-0.05, 0) is 18.8 Å². The van der Waals surface area contributed by atoms with Crippen molar-refractivity contribution < 1.29 is 18.3 Å². The Hall–Kier alpha value is -0.620. The third-order valence-electron chi connectivity index (χ3n) is 2.13. The maximum absolute atomic E-state index is 11.8. The number of sulfonamides is 1. The van der Waals surface area contributed by atoms with Crippen molar-refractivity contribution in [1.29, 1.82) is 0 Å². The minimum Gasteiger partial charge on any atom is -0.480 e. The largest absolute Gasteiger partial charge is 0.480 e. The lowest BCUT2D eigenvalue weighted by Crippen LogP contribution is -2.38. The number of carboxylic acid groups (broad SMARTS) is 1. The fourth-order valence-electron chi connectivity index (χ4n) is 1.23. The topological polar surface area (TPSA) is 74.7 Å². The highest BCUT2D eigenvalue weighted by molar-refractivity contribution is 7.89. The molecule has 0 amide bonds. The van der Waals surface area contributed by atoms with Gasteiger partial charge in [0.05, 0.1) is 5.75 Å². The molecule has 0 aliphatic heterocycles. The van der Waals surface area contributed by atoms with Crippen molar-refractivity contribution in [3.05, 3.63) is 0 Å². The van der Waals surface area contributed by atoms with Crippen molar-refractivity contribution in [3.63, 3.8) is 0 Å². The first-order valence-electron chi connectivity index (χ1n) is 5.49. The molecule has 0 aliphatic rings. The van der Waals surface area contributed by atoms with Crippen LogP contribution in [-0.4, -0.2) is 42.6 Å². The van der Waals surface area contributed by atoms with Crippen LogP contribution in [0.25, 0.3) is 0 Å². The van der Waals surface area contributed by atoms with E-state index in [1.54, 1.807) is 0 Å². The van der Waals surface area contributed by atoms with Crippen LogP contribution >= 0.6 is 0 Å². The van der Waals surface area contributed by atoms with E-state index in [1.165, 1.54) is 0 Å². The molecule has 0 bridgehead atoms. The molecule has 0 spiro atoms. The first-order valence-corrected chi connectivity index (χ1v) is 7.10. The standard InChI is InChI=1S/C10H21NO4S/c1-4-6-11(8-10(12)13)16(14,15)7-5-9(2)3/h9H,4-8H2,1-3H3,(H,12,13). The van der Waals surface area contributed by atoms with Crippen LogP contribution in [0.4, 0.5) is 0 Å². The van der Waals surface area contributed by atoms with E-state index >= 15 is 0 Å². The lowest BCUT2D eigenvalue weighted by atomic mass is 10.2. The van der Waals surface area contributed by atoms with Gasteiger partial charge in [0.2, 0.25) is 10.0 Å². The Morgan fingerprint density at radius 2 is 1.94 bits per heavy atom. The van der Waals surface area contributed by atoms with E-state index in [2.05, 4.69) is 0 Å². The van der Waals surface area contributed by atoms with Gasteiger partial charge in [-0.25, -0.2) is 8.42 Å². The highest BCUT2D eigenvalue weighted by Crippen LogP contribution is 2.08. The molecule has 1 N–H and O–H groups in total. The molecule has 0 saturated carbocycles. The summed E-state index contributed by atoms with van der Waals surface area (Å²) in [6, 6.07) is 0. The Labute approximate surface area is 97.5 Å². The van der Waals surface area contributed by atoms with Gasteiger partial charge in [0.1, 0.15) is 6.54 Å². The van der Waals surface area contributed by atoms with Gasteiger partial charge >= 0.3 is 5.97 Å². The molecule has 0 atom stereocenters. The second-order valence-corrected chi connectivity index (χ2v) is 6.31. The van der Waals surface area contributed by atoms with E-state index in [9.17, 15) is 13.2 Å². The molecule has 0 saturated heterocycles. The van der Waals surface area contributed by atoms with Crippen molar-refractivity contribution in [3.8, 4) is 0 Å². The lowest BCUT2D eigenvalue weighted by Gasteiger charge is -2.20. The average Bonchev–Trinajstić information content (AvgIpc) is 2.14. The third kappa shape index (κ3) is 6.07. The molecule has 6 heteroatoms. The molecule has 0 unspecified atom stereocenters. The number of nitrogens with zero attached hydrogens (tertiary/aromatic N) is 1. The second kappa shape index (κ2) is 6.85. The SMILES string of the molecule is CCCN(CC(=O)O)S(=O)(=O)CCC(C)C. The summed E-state index contributed by atoms with van der Waals surface area (Å²) in [6.07, 6.45) is 1.18. The first kappa shape index (κ1) is 15.4. The van der Waals surface area contributed by atoms with Crippen molar-refractivity contribution in [2.24, 2.45) is 5.92 Å². The van der Waals surface area contributed by atoms with E-state index in [4.69, 9.17) is 5.11 Å². The van der Waals surface area contributed by atoms with E-state index in [1.807, 2.05) is 20.8 Å². The van der Waals surface area contributed by atoms with Crippen LogP contribution in [0.1, 0.15) is 33.6 Å². The fraction of sp³-hybridized carbons (Fsp3) is 0.900. The molecule has 0 aliphatic carbocycles. The maximum Gasteiger partial charge on any atom is 0.318 e. The zero-order chi connectivity index (χ0) is 12.8. The van der Waals surface area contributed by atoms with Gasteiger partial charge in [-0.1, -0.05) is 20.8 Å². The molecule has 0 radical (unpaired) electrons. The van der Waals surface area contributed by atoms with E-state index in [0.29, 0.717) is 18.8 Å². The molecule has 0 heterocycles. The normalized spacial score (nSPS) is 12.3. The van der Waals surface area contributed by atoms with E-state index in [-0.39, 0.29) is 12.3 Å². The van der Waals surface area contributed by atoms with Gasteiger partial charge in [-0.3, -0.25) is 4.79 Å². The Morgan fingerprint density at radius 1 is 1.38 bits per heavy atom. The van der Waals surface area contributed by atoms with Crippen LogP contribution in [0.5, 0.6) is 0 Å². The minimum atomic E-state index is -3.42. The molecule has 0 aromatic carbocycles. The predicted octanol–water partition coefficient (Wildman–Crippen LogP) is 1.16. The summed E-state index contributed by atoms with van der Waals surface area (Å²) in [6.45, 7) is 5.54. The van der Waals surface area contributed by atoms with Gasteiger partial charge in [-0.15, -0.1) is 0 Å². The predicted molar refractivity (Wildman–Crippen MR) is 62.7 cm³/mol. The van der Waals surface area contributed by atoms with Gasteiger partial charge in [0.15, 0.2) is 0 Å². The number of hydrogen-bond acceptors (Lipinski definition) is 3.